The molecule has 0 atom stereocenters. The molecular formula is C24H21Cl2N3O3. The third kappa shape index (κ3) is 6.33. The molecule has 164 valence electrons. The normalized spacial score (nSPS) is 11.1. The number of benzene rings is 3. The lowest BCUT2D eigenvalue weighted by molar-refractivity contribution is -0.120. The highest BCUT2D eigenvalue weighted by molar-refractivity contribution is 6.37. The van der Waals surface area contributed by atoms with E-state index >= 15 is 0 Å². The van der Waals surface area contributed by atoms with Gasteiger partial charge in [-0.25, -0.2) is 5.43 Å². The van der Waals surface area contributed by atoms with Gasteiger partial charge in [0, 0.05) is 10.7 Å². The molecule has 3 rings (SSSR count). The minimum absolute atomic E-state index is 0.207. The van der Waals surface area contributed by atoms with Crippen LogP contribution in [-0.2, 0) is 11.2 Å². The van der Waals surface area contributed by atoms with Crippen molar-refractivity contribution in [1.82, 2.24) is 5.43 Å². The van der Waals surface area contributed by atoms with Crippen LogP contribution in [0.4, 0.5) is 5.69 Å². The van der Waals surface area contributed by atoms with Crippen molar-refractivity contribution in [3.63, 3.8) is 0 Å². The van der Waals surface area contributed by atoms with E-state index in [0.717, 1.165) is 16.9 Å². The molecule has 0 unspecified atom stereocenters. The fourth-order valence-electron chi connectivity index (χ4n) is 2.85. The Morgan fingerprint density at radius 3 is 2.28 bits per heavy atom. The number of ether oxygens (including phenoxy) is 1. The monoisotopic (exact) mass is 469 g/mol. The Hall–Kier alpha value is -3.35. The zero-order valence-corrected chi connectivity index (χ0v) is 19.0. The van der Waals surface area contributed by atoms with Crippen molar-refractivity contribution >= 4 is 46.4 Å². The van der Waals surface area contributed by atoms with E-state index in [9.17, 15) is 9.59 Å². The standard InChI is InChI=1S/C24H21Cl2N3O3/c1-15(28-29-23(30)13-16-3-10-20(32-2)11-4-16)17-5-8-19(9-6-17)27-24(31)21-12-7-18(25)14-22(21)26/h3-12,14H,13H2,1-2H3,(H,27,31)(H,29,30)/b28-15-. The number of carbonyl (C=O) groups is 2. The molecule has 2 amide bonds. The molecule has 0 saturated carbocycles. The quantitative estimate of drug-likeness (QED) is 0.362. The van der Waals surface area contributed by atoms with Crippen molar-refractivity contribution < 1.29 is 14.3 Å². The summed E-state index contributed by atoms with van der Waals surface area (Å²) < 4.78 is 5.11. The number of anilines is 1. The lowest BCUT2D eigenvalue weighted by Crippen LogP contribution is -2.21. The van der Waals surface area contributed by atoms with Crippen LogP contribution in [0.3, 0.4) is 0 Å². The first-order valence-electron chi connectivity index (χ1n) is 9.68. The lowest BCUT2D eigenvalue weighted by atomic mass is 10.1. The van der Waals surface area contributed by atoms with Crippen LogP contribution in [0.1, 0.15) is 28.4 Å². The first-order valence-corrected chi connectivity index (χ1v) is 10.4. The van der Waals surface area contributed by atoms with Crippen molar-refractivity contribution in [2.45, 2.75) is 13.3 Å². The number of halogens is 2. The van der Waals surface area contributed by atoms with Gasteiger partial charge in [0.1, 0.15) is 5.75 Å². The Morgan fingerprint density at radius 2 is 1.66 bits per heavy atom. The minimum Gasteiger partial charge on any atom is -0.497 e. The van der Waals surface area contributed by atoms with Crippen LogP contribution in [0.15, 0.2) is 71.8 Å². The molecule has 0 aromatic heterocycles. The summed E-state index contributed by atoms with van der Waals surface area (Å²) in [6.07, 6.45) is 0.207. The summed E-state index contributed by atoms with van der Waals surface area (Å²) in [5.41, 5.74) is 5.78. The third-order valence-electron chi connectivity index (χ3n) is 4.61. The number of hydrogen-bond acceptors (Lipinski definition) is 4. The molecule has 0 aliphatic rings. The molecule has 0 aliphatic carbocycles. The van der Waals surface area contributed by atoms with E-state index in [1.807, 2.05) is 12.1 Å². The highest BCUT2D eigenvalue weighted by atomic mass is 35.5. The first-order chi connectivity index (χ1) is 15.4. The maximum absolute atomic E-state index is 12.4. The number of nitrogens with one attached hydrogen (secondary N) is 2. The minimum atomic E-state index is -0.337. The second kappa shape index (κ2) is 10.8. The Balaban J connectivity index is 1.57. The van der Waals surface area contributed by atoms with Crippen molar-refractivity contribution in [2.75, 3.05) is 12.4 Å². The summed E-state index contributed by atoms with van der Waals surface area (Å²) in [5.74, 6) is 0.174. The average Bonchev–Trinajstić information content (AvgIpc) is 2.78. The number of hydrogen-bond donors (Lipinski definition) is 2. The summed E-state index contributed by atoms with van der Waals surface area (Å²) in [6.45, 7) is 1.79. The molecule has 3 aromatic rings. The van der Waals surface area contributed by atoms with Gasteiger partial charge >= 0.3 is 0 Å². The van der Waals surface area contributed by atoms with Gasteiger partial charge in [-0.1, -0.05) is 47.5 Å². The van der Waals surface area contributed by atoms with E-state index in [-0.39, 0.29) is 23.3 Å². The van der Waals surface area contributed by atoms with E-state index in [1.54, 1.807) is 62.6 Å². The van der Waals surface area contributed by atoms with Crippen molar-refractivity contribution in [1.29, 1.82) is 0 Å². The highest BCUT2D eigenvalue weighted by Crippen LogP contribution is 2.22. The molecule has 2 N–H and O–H groups in total. The molecular weight excluding hydrogens is 449 g/mol. The fraction of sp³-hybridized carbons (Fsp3) is 0.125. The Kier molecular flexibility index (Phi) is 7.87. The van der Waals surface area contributed by atoms with Gasteiger partial charge in [0.15, 0.2) is 0 Å². The summed E-state index contributed by atoms with van der Waals surface area (Å²) in [6, 6.07) is 19.1. The van der Waals surface area contributed by atoms with Crippen molar-refractivity contribution in [3.8, 4) is 5.75 Å². The average molecular weight is 470 g/mol. The Labute approximate surface area is 196 Å². The molecule has 6 nitrogen and oxygen atoms in total. The Morgan fingerprint density at radius 1 is 0.969 bits per heavy atom. The zero-order chi connectivity index (χ0) is 23.1. The van der Waals surface area contributed by atoms with Gasteiger partial charge < -0.3 is 10.1 Å². The topological polar surface area (TPSA) is 79.8 Å². The molecule has 0 bridgehead atoms. The first kappa shape index (κ1) is 23.3. The summed E-state index contributed by atoms with van der Waals surface area (Å²) in [4.78, 5) is 24.6. The van der Waals surface area contributed by atoms with E-state index in [0.29, 0.717) is 22.0 Å². The molecule has 32 heavy (non-hydrogen) atoms. The van der Waals surface area contributed by atoms with Crippen LogP contribution in [0.2, 0.25) is 10.0 Å². The lowest BCUT2D eigenvalue weighted by Gasteiger charge is -2.08. The molecule has 0 spiro atoms. The fourth-order valence-corrected chi connectivity index (χ4v) is 3.34. The second-order valence-electron chi connectivity index (χ2n) is 6.91. The molecule has 0 heterocycles. The van der Waals surface area contributed by atoms with Crippen LogP contribution in [0.25, 0.3) is 0 Å². The molecule has 0 fully saturated rings. The second-order valence-corrected chi connectivity index (χ2v) is 7.76. The van der Waals surface area contributed by atoms with Crippen molar-refractivity contribution in [2.24, 2.45) is 5.10 Å². The number of methoxy groups -OCH3 is 1. The predicted molar refractivity (Wildman–Crippen MR) is 128 cm³/mol. The van der Waals surface area contributed by atoms with Gasteiger partial charge in [0.05, 0.1) is 29.8 Å². The summed E-state index contributed by atoms with van der Waals surface area (Å²) >= 11 is 11.9. The van der Waals surface area contributed by atoms with Crippen molar-refractivity contribution in [3.05, 3.63) is 93.5 Å². The SMILES string of the molecule is COc1ccc(CC(=O)N/N=C(/C)c2ccc(NC(=O)c3ccc(Cl)cc3Cl)cc2)cc1. The predicted octanol–water partition coefficient (Wildman–Crippen LogP) is 5.34. The largest absolute Gasteiger partial charge is 0.497 e. The maximum Gasteiger partial charge on any atom is 0.257 e. The van der Waals surface area contributed by atoms with Crippen LogP contribution >= 0.6 is 23.2 Å². The molecule has 0 radical (unpaired) electrons. The van der Waals surface area contributed by atoms with E-state index in [2.05, 4.69) is 15.8 Å². The smallest absolute Gasteiger partial charge is 0.257 e. The number of nitrogens with zero attached hydrogens (tertiary/aromatic N) is 1. The van der Waals surface area contributed by atoms with Gasteiger partial charge in [0.2, 0.25) is 5.91 Å². The molecule has 0 aliphatic heterocycles. The third-order valence-corrected chi connectivity index (χ3v) is 5.16. The Bertz CT molecular complexity index is 1140. The number of hydrazone groups is 1. The zero-order valence-electron chi connectivity index (χ0n) is 17.5. The van der Waals surface area contributed by atoms with Crippen LogP contribution in [0.5, 0.6) is 5.75 Å². The van der Waals surface area contributed by atoms with E-state index < -0.39 is 0 Å². The highest BCUT2D eigenvalue weighted by Gasteiger charge is 2.11. The van der Waals surface area contributed by atoms with Gasteiger partial charge in [-0.2, -0.15) is 5.10 Å². The number of amides is 2. The molecule has 3 aromatic carbocycles. The summed E-state index contributed by atoms with van der Waals surface area (Å²) in [7, 11) is 1.59. The molecule has 0 saturated heterocycles. The van der Waals surface area contributed by atoms with Gasteiger partial charge in [-0.05, 0) is 60.5 Å². The van der Waals surface area contributed by atoms with E-state index in [1.165, 1.54) is 6.07 Å². The maximum atomic E-state index is 12.4. The van der Waals surface area contributed by atoms with Gasteiger partial charge in [-0.15, -0.1) is 0 Å². The van der Waals surface area contributed by atoms with Gasteiger partial charge in [-0.3, -0.25) is 9.59 Å². The summed E-state index contributed by atoms with van der Waals surface area (Å²) in [5, 5.41) is 7.68. The number of carbonyl (C=O) groups excluding carboxylic acids is 2. The van der Waals surface area contributed by atoms with E-state index in [4.69, 9.17) is 27.9 Å². The molecule has 8 heteroatoms. The van der Waals surface area contributed by atoms with Crippen LogP contribution in [0, 0.1) is 0 Å². The van der Waals surface area contributed by atoms with Crippen LogP contribution < -0.4 is 15.5 Å². The van der Waals surface area contributed by atoms with Crippen LogP contribution in [-0.4, -0.2) is 24.6 Å². The number of rotatable bonds is 7. The van der Waals surface area contributed by atoms with Gasteiger partial charge in [0.25, 0.3) is 5.91 Å².